The van der Waals surface area contributed by atoms with Gasteiger partial charge in [0.05, 0.1) is 13.2 Å². The van der Waals surface area contributed by atoms with Crippen LogP contribution in [0.3, 0.4) is 0 Å². The molecule has 0 rings (SSSR count). The number of ether oxygens (including phenoxy) is 3. The van der Waals surface area contributed by atoms with E-state index in [4.69, 9.17) is 14.2 Å². The van der Waals surface area contributed by atoms with Gasteiger partial charge in [0, 0.05) is 51.6 Å². The van der Waals surface area contributed by atoms with E-state index in [9.17, 15) is 14.4 Å². The first kappa shape index (κ1) is 59.1. The van der Waals surface area contributed by atoms with Crippen LogP contribution in [0.4, 0.5) is 4.79 Å². The summed E-state index contributed by atoms with van der Waals surface area (Å²) in [5, 5.41) is 0. The monoisotopic (exact) mass is 866 g/mol. The zero-order valence-electron chi connectivity index (χ0n) is 41.9. The van der Waals surface area contributed by atoms with Crippen LogP contribution in [-0.2, 0) is 23.8 Å². The Morgan fingerprint density at radius 1 is 0.426 bits per heavy atom. The smallest absolute Gasteiger partial charge is 0.409 e. The molecule has 0 saturated heterocycles. The largest absolute Gasteiger partial charge is 0.465 e. The lowest BCUT2D eigenvalue weighted by molar-refractivity contribution is -0.146. The quantitative estimate of drug-likeness (QED) is 0.0340. The summed E-state index contributed by atoms with van der Waals surface area (Å²) in [6.07, 6.45) is 30.1. The van der Waals surface area contributed by atoms with Gasteiger partial charge in [0.2, 0.25) is 0 Å². The molecule has 1 amide bonds. The minimum atomic E-state index is -0.265. The summed E-state index contributed by atoms with van der Waals surface area (Å²) >= 11 is 0. The fourth-order valence-corrected chi connectivity index (χ4v) is 8.20. The molecule has 61 heavy (non-hydrogen) atoms. The van der Waals surface area contributed by atoms with Gasteiger partial charge < -0.3 is 24.0 Å². The molecule has 362 valence electrons. The van der Waals surface area contributed by atoms with Crippen LogP contribution in [-0.4, -0.2) is 104 Å². The third-order valence-electron chi connectivity index (χ3n) is 12.6. The summed E-state index contributed by atoms with van der Waals surface area (Å²) in [4.78, 5) is 45.6. The van der Waals surface area contributed by atoms with Crippen LogP contribution in [0.2, 0.25) is 0 Å². The van der Waals surface area contributed by atoms with Crippen molar-refractivity contribution >= 4 is 18.0 Å². The number of hydrogen-bond acceptors (Lipinski definition) is 8. The molecule has 0 saturated carbocycles. The van der Waals surface area contributed by atoms with Crippen LogP contribution >= 0.6 is 0 Å². The molecule has 0 heterocycles. The molecule has 0 bridgehead atoms. The predicted octanol–water partition coefficient (Wildman–Crippen LogP) is 13.8. The van der Waals surface area contributed by atoms with Gasteiger partial charge in [0.25, 0.3) is 0 Å². The molecular formula is C52H103N3O6. The Balaban J connectivity index is 5.05. The summed E-state index contributed by atoms with van der Waals surface area (Å²) in [5.74, 6) is 0.764. The number of amides is 1. The van der Waals surface area contributed by atoms with Gasteiger partial charge in [0.15, 0.2) is 0 Å². The highest BCUT2D eigenvalue weighted by atomic mass is 16.6. The highest BCUT2D eigenvalue weighted by Gasteiger charge is 2.18. The van der Waals surface area contributed by atoms with E-state index in [1.807, 2.05) is 4.90 Å². The maximum absolute atomic E-state index is 13.5. The van der Waals surface area contributed by atoms with E-state index in [2.05, 4.69) is 65.2 Å². The van der Waals surface area contributed by atoms with Crippen molar-refractivity contribution in [3.63, 3.8) is 0 Å². The number of unbranched alkanes of at least 4 members (excludes halogenated alkanes) is 16. The van der Waals surface area contributed by atoms with Crippen molar-refractivity contribution < 1.29 is 28.6 Å². The number of carbonyl (C=O) groups excluding carboxylic acids is 3. The van der Waals surface area contributed by atoms with Crippen LogP contribution in [0.5, 0.6) is 0 Å². The molecule has 0 aliphatic heterocycles. The second kappa shape index (κ2) is 43.4. The summed E-state index contributed by atoms with van der Waals surface area (Å²) in [6, 6.07) is 0.369. The van der Waals surface area contributed by atoms with Gasteiger partial charge in [-0.3, -0.25) is 14.5 Å². The highest BCUT2D eigenvalue weighted by Crippen LogP contribution is 2.21. The van der Waals surface area contributed by atoms with Gasteiger partial charge in [-0.1, -0.05) is 157 Å². The molecule has 0 atom stereocenters. The van der Waals surface area contributed by atoms with Crippen molar-refractivity contribution in [3.05, 3.63) is 0 Å². The SMILES string of the molecule is CCCCCCC(CCCCCC)COC(=O)CCCCCN(CCCCCC(=O)OCC(CCCCCC)CCCCCC)C(=O)OCCN(CCN(CC)CC)C(C)C. The number of nitrogens with zero attached hydrogens (tertiary/aromatic N) is 3. The van der Waals surface area contributed by atoms with Gasteiger partial charge >= 0.3 is 18.0 Å². The van der Waals surface area contributed by atoms with E-state index in [-0.39, 0.29) is 18.0 Å². The maximum atomic E-state index is 13.5. The third kappa shape index (κ3) is 36.2. The summed E-state index contributed by atoms with van der Waals surface area (Å²) < 4.78 is 17.5. The average Bonchev–Trinajstić information content (AvgIpc) is 3.25. The first-order chi connectivity index (χ1) is 29.6. The number of esters is 2. The van der Waals surface area contributed by atoms with Gasteiger partial charge in [-0.2, -0.15) is 0 Å². The number of hydrogen-bond donors (Lipinski definition) is 0. The summed E-state index contributed by atoms with van der Waals surface area (Å²) in [7, 11) is 0. The molecule has 0 N–H and O–H groups in total. The molecule has 9 heteroatoms. The zero-order valence-corrected chi connectivity index (χ0v) is 41.9. The lowest BCUT2D eigenvalue weighted by atomic mass is 9.95. The van der Waals surface area contributed by atoms with Gasteiger partial charge in [-0.25, -0.2) is 4.79 Å². The molecule has 9 nitrogen and oxygen atoms in total. The van der Waals surface area contributed by atoms with E-state index in [1.165, 1.54) is 103 Å². The van der Waals surface area contributed by atoms with Crippen LogP contribution < -0.4 is 0 Å². The minimum Gasteiger partial charge on any atom is -0.465 e. The number of rotatable bonds is 45. The molecule has 0 radical (unpaired) electrons. The molecule has 0 aliphatic rings. The molecule has 0 aliphatic carbocycles. The molecule has 0 aromatic rings. The van der Waals surface area contributed by atoms with Crippen molar-refractivity contribution in [1.82, 2.24) is 14.7 Å². The molecule has 0 spiro atoms. The summed E-state index contributed by atoms with van der Waals surface area (Å²) in [6.45, 7) is 25.2. The zero-order chi connectivity index (χ0) is 45.2. The Kier molecular flexibility index (Phi) is 42.1. The second-order valence-corrected chi connectivity index (χ2v) is 18.4. The Morgan fingerprint density at radius 3 is 1.18 bits per heavy atom. The first-order valence-corrected chi connectivity index (χ1v) is 26.3. The van der Waals surface area contributed by atoms with E-state index >= 15 is 0 Å². The van der Waals surface area contributed by atoms with Gasteiger partial charge in [-0.05, 0) is 90.1 Å². The van der Waals surface area contributed by atoms with Gasteiger partial charge in [0.1, 0.15) is 6.61 Å². The van der Waals surface area contributed by atoms with Crippen molar-refractivity contribution in [2.45, 2.75) is 241 Å². The van der Waals surface area contributed by atoms with Crippen molar-refractivity contribution in [2.75, 3.05) is 65.6 Å². The minimum absolute atomic E-state index is 0.0907. The normalized spacial score (nSPS) is 11.8. The van der Waals surface area contributed by atoms with Crippen LogP contribution in [0.1, 0.15) is 235 Å². The second-order valence-electron chi connectivity index (χ2n) is 18.4. The molecule has 0 aromatic heterocycles. The van der Waals surface area contributed by atoms with Crippen molar-refractivity contribution in [1.29, 1.82) is 0 Å². The first-order valence-electron chi connectivity index (χ1n) is 26.3. The van der Waals surface area contributed by atoms with Gasteiger partial charge in [-0.15, -0.1) is 0 Å². The standard InChI is InChI=1S/C52H103N3O6/c1-9-15-19-25-33-48(34-26-20-16-10-2)45-60-50(56)37-29-23-31-39-55(52(58)59-44-43-54(47(7)8)42-41-53(13-5)14-6)40-32-24-30-38-51(57)61-46-49(35-27-21-17-11-3)36-28-22-18-12-4/h47-49H,9-46H2,1-8H3. The molecular weight excluding hydrogens is 763 g/mol. The van der Waals surface area contributed by atoms with Crippen LogP contribution in [0.15, 0.2) is 0 Å². The fourth-order valence-electron chi connectivity index (χ4n) is 8.20. The number of carbonyl (C=O) groups is 3. The maximum Gasteiger partial charge on any atom is 0.409 e. The number of likely N-dealkylation sites (N-methyl/N-ethyl adjacent to an activating group) is 1. The van der Waals surface area contributed by atoms with E-state index in [0.29, 0.717) is 70.2 Å². The Hall–Kier alpha value is -1.87. The third-order valence-corrected chi connectivity index (χ3v) is 12.6. The topological polar surface area (TPSA) is 88.6 Å². The van der Waals surface area contributed by atoms with E-state index in [0.717, 1.165) is 90.4 Å². The summed E-state index contributed by atoms with van der Waals surface area (Å²) in [5.41, 5.74) is 0. The average molecular weight is 866 g/mol. The lowest BCUT2D eigenvalue weighted by Gasteiger charge is -2.29. The Morgan fingerprint density at radius 2 is 0.820 bits per heavy atom. The highest BCUT2D eigenvalue weighted by molar-refractivity contribution is 5.69. The fraction of sp³-hybridized carbons (Fsp3) is 0.942. The Bertz CT molecular complexity index is 914. The molecule has 0 fully saturated rings. The van der Waals surface area contributed by atoms with Crippen molar-refractivity contribution in [3.8, 4) is 0 Å². The van der Waals surface area contributed by atoms with Crippen LogP contribution in [0.25, 0.3) is 0 Å². The predicted molar refractivity (Wildman–Crippen MR) is 258 cm³/mol. The lowest BCUT2D eigenvalue weighted by Crippen LogP contribution is -2.41. The van der Waals surface area contributed by atoms with E-state index in [1.54, 1.807) is 0 Å². The van der Waals surface area contributed by atoms with E-state index < -0.39 is 0 Å². The van der Waals surface area contributed by atoms with Crippen LogP contribution in [0, 0.1) is 11.8 Å². The van der Waals surface area contributed by atoms with Crippen molar-refractivity contribution in [2.24, 2.45) is 11.8 Å². The molecule has 0 aromatic carbocycles. The molecule has 0 unspecified atom stereocenters. The Labute approximate surface area is 378 Å².